The van der Waals surface area contributed by atoms with Crippen LogP contribution in [-0.2, 0) is 6.42 Å². The second kappa shape index (κ2) is 4.98. The summed E-state index contributed by atoms with van der Waals surface area (Å²) >= 11 is 0. The summed E-state index contributed by atoms with van der Waals surface area (Å²) in [4.78, 5) is 0. The number of hydrogen-bond acceptors (Lipinski definition) is 1. The molecule has 96 valence electrons. The Morgan fingerprint density at radius 2 is 1.35 bits per heavy atom. The molecule has 0 aromatic heterocycles. The van der Waals surface area contributed by atoms with Crippen LogP contribution in [0.2, 0.25) is 39.3 Å². The average Bonchev–Trinajstić information content (AvgIpc) is 2.14. The largest absolute Gasteiger partial charge is 0.424 e. The molecule has 3 heteroatoms. The third-order valence-electron chi connectivity index (χ3n) is 2.96. The van der Waals surface area contributed by atoms with Crippen LogP contribution in [0.5, 0.6) is 0 Å². The van der Waals surface area contributed by atoms with Crippen molar-refractivity contribution in [3.05, 3.63) is 29.8 Å². The second-order valence-corrected chi connectivity index (χ2v) is 16.7. The molecule has 0 aliphatic rings. The molecule has 0 radical (unpaired) electrons. The summed E-state index contributed by atoms with van der Waals surface area (Å²) in [5, 5.41) is 0. The van der Waals surface area contributed by atoms with E-state index < -0.39 is 16.5 Å². The highest BCUT2D eigenvalue weighted by Crippen LogP contribution is 2.31. The van der Waals surface area contributed by atoms with Crippen molar-refractivity contribution < 1.29 is 0 Å². The smallest absolute Gasteiger partial charge is 0.138 e. The summed E-state index contributed by atoms with van der Waals surface area (Å²) in [6.45, 7) is 17.0. The van der Waals surface area contributed by atoms with E-state index in [0.29, 0.717) is 0 Å². The van der Waals surface area contributed by atoms with Gasteiger partial charge >= 0.3 is 0 Å². The highest BCUT2D eigenvalue weighted by atomic mass is 28.4. The first-order chi connectivity index (χ1) is 7.68. The van der Waals surface area contributed by atoms with Crippen LogP contribution in [0.4, 0.5) is 5.69 Å². The van der Waals surface area contributed by atoms with Crippen LogP contribution in [0.25, 0.3) is 0 Å². The van der Waals surface area contributed by atoms with Crippen LogP contribution >= 0.6 is 0 Å². The molecule has 0 aliphatic heterocycles. The third kappa shape index (κ3) is 3.45. The maximum Gasteiger partial charge on any atom is 0.138 e. The molecule has 0 atom stereocenters. The van der Waals surface area contributed by atoms with Crippen LogP contribution in [-0.4, -0.2) is 16.5 Å². The summed E-state index contributed by atoms with van der Waals surface area (Å²) in [6, 6.07) is 8.94. The molecule has 0 heterocycles. The van der Waals surface area contributed by atoms with E-state index in [4.69, 9.17) is 0 Å². The summed E-state index contributed by atoms with van der Waals surface area (Å²) in [5.74, 6) is 0. The van der Waals surface area contributed by atoms with Gasteiger partial charge in [-0.25, -0.2) is 0 Å². The molecule has 1 aromatic carbocycles. The topological polar surface area (TPSA) is 3.24 Å². The van der Waals surface area contributed by atoms with E-state index >= 15 is 0 Å². The van der Waals surface area contributed by atoms with Gasteiger partial charge in [0.2, 0.25) is 0 Å². The Labute approximate surface area is 109 Å². The van der Waals surface area contributed by atoms with Crippen LogP contribution in [0.15, 0.2) is 24.3 Å². The van der Waals surface area contributed by atoms with E-state index in [9.17, 15) is 0 Å². The molecule has 0 unspecified atom stereocenters. The summed E-state index contributed by atoms with van der Waals surface area (Å²) in [5.41, 5.74) is 2.99. The number of anilines is 1. The number of rotatable bonds is 4. The zero-order valence-corrected chi connectivity index (χ0v) is 14.5. The van der Waals surface area contributed by atoms with Gasteiger partial charge in [-0.15, -0.1) is 0 Å². The molecule has 0 bridgehead atoms. The molecular weight excluding hydrogens is 238 g/mol. The van der Waals surface area contributed by atoms with Crippen molar-refractivity contribution >= 4 is 22.2 Å². The normalized spacial score (nSPS) is 12.6. The molecule has 1 nitrogen and oxygen atoms in total. The monoisotopic (exact) mass is 265 g/mol. The van der Waals surface area contributed by atoms with E-state index in [1.54, 1.807) is 0 Å². The molecule has 1 aromatic rings. The highest BCUT2D eigenvalue weighted by molar-refractivity contribution is 6.99. The highest BCUT2D eigenvalue weighted by Gasteiger charge is 2.35. The van der Waals surface area contributed by atoms with Gasteiger partial charge in [0, 0.05) is 5.69 Å². The van der Waals surface area contributed by atoms with Crippen molar-refractivity contribution in [3.8, 4) is 0 Å². The predicted molar refractivity (Wildman–Crippen MR) is 85.0 cm³/mol. The molecule has 0 spiro atoms. The van der Waals surface area contributed by atoms with Crippen molar-refractivity contribution in [2.75, 3.05) is 4.23 Å². The zero-order chi connectivity index (χ0) is 13.3. The second-order valence-electron chi connectivity index (χ2n) is 6.66. The summed E-state index contributed by atoms with van der Waals surface area (Å²) in [6.07, 6.45) is 1.13. The minimum Gasteiger partial charge on any atom is -0.424 e. The Morgan fingerprint density at radius 3 is 1.76 bits per heavy atom. The fourth-order valence-corrected chi connectivity index (χ4v) is 12.7. The van der Waals surface area contributed by atoms with Gasteiger partial charge in [0.05, 0.1) is 0 Å². The van der Waals surface area contributed by atoms with Gasteiger partial charge in [-0.2, -0.15) is 0 Å². The SMILES string of the molecule is CCc1ccccc1N([Si](C)(C)C)[Si](C)(C)C. The lowest BCUT2D eigenvalue weighted by molar-refractivity contribution is 1.13. The molecule has 0 fully saturated rings. The number of hydrogen-bond donors (Lipinski definition) is 0. The van der Waals surface area contributed by atoms with Crippen LogP contribution in [0, 0.1) is 0 Å². The van der Waals surface area contributed by atoms with E-state index in [1.807, 2.05) is 0 Å². The molecule has 17 heavy (non-hydrogen) atoms. The maximum absolute atomic E-state index is 2.80. The average molecular weight is 266 g/mol. The lowest BCUT2D eigenvalue weighted by atomic mass is 10.1. The standard InChI is InChI=1S/C14H27NSi2/c1-8-13-11-9-10-12-14(13)15(16(2,3)4)17(5,6)7/h9-12H,8H2,1-7H3. The molecule has 0 saturated heterocycles. The van der Waals surface area contributed by atoms with E-state index in [-0.39, 0.29) is 0 Å². The zero-order valence-electron chi connectivity index (χ0n) is 12.5. The summed E-state index contributed by atoms with van der Waals surface area (Å²) in [7, 11) is -2.63. The lowest BCUT2D eigenvalue weighted by Crippen LogP contribution is -2.59. The Hall–Kier alpha value is -0.546. The molecule has 0 N–H and O–H groups in total. The van der Waals surface area contributed by atoms with Crippen molar-refractivity contribution in [2.45, 2.75) is 52.6 Å². The molecule has 0 saturated carbocycles. The maximum atomic E-state index is 2.80. The first kappa shape index (κ1) is 14.5. The van der Waals surface area contributed by atoms with Gasteiger partial charge in [0.15, 0.2) is 0 Å². The van der Waals surface area contributed by atoms with E-state index in [0.717, 1.165) is 6.42 Å². The van der Waals surface area contributed by atoms with Crippen LogP contribution in [0.1, 0.15) is 12.5 Å². The van der Waals surface area contributed by atoms with Gasteiger partial charge in [0.1, 0.15) is 16.5 Å². The molecular formula is C14H27NSi2. The predicted octanol–water partition coefficient (Wildman–Crippen LogP) is 4.73. The van der Waals surface area contributed by atoms with Crippen molar-refractivity contribution in [1.29, 1.82) is 0 Å². The number of para-hydroxylation sites is 1. The lowest BCUT2D eigenvalue weighted by Gasteiger charge is -2.46. The number of benzene rings is 1. The minimum atomic E-state index is -1.32. The fourth-order valence-electron chi connectivity index (χ4n) is 2.76. The quantitative estimate of drug-likeness (QED) is 0.712. The van der Waals surface area contributed by atoms with E-state index in [2.05, 4.69) is 74.7 Å². The van der Waals surface area contributed by atoms with Gasteiger partial charge < -0.3 is 4.23 Å². The fraction of sp³-hybridized carbons (Fsp3) is 0.571. The van der Waals surface area contributed by atoms with Gasteiger partial charge in [-0.3, -0.25) is 0 Å². The Balaban J connectivity index is 3.33. The minimum absolute atomic E-state index is 1.13. The Morgan fingerprint density at radius 1 is 0.882 bits per heavy atom. The van der Waals surface area contributed by atoms with Crippen LogP contribution < -0.4 is 4.23 Å². The van der Waals surface area contributed by atoms with Gasteiger partial charge in [-0.1, -0.05) is 64.4 Å². The third-order valence-corrected chi connectivity index (χ3v) is 10.1. The van der Waals surface area contributed by atoms with Crippen molar-refractivity contribution in [1.82, 2.24) is 0 Å². The van der Waals surface area contributed by atoms with Gasteiger partial charge in [-0.05, 0) is 18.1 Å². The molecule has 0 aliphatic carbocycles. The van der Waals surface area contributed by atoms with Crippen molar-refractivity contribution in [3.63, 3.8) is 0 Å². The van der Waals surface area contributed by atoms with Gasteiger partial charge in [0.25, 0.3) is 0 Å². The first-order valence-electron chi connectivity index (χ1n) is 6.56. The Kier molecular flexibility index (Phi) is 4.25. The number of nitrogens with zero attached hydrogens (tertiary/aromatic N) is 1. The van der Waals surface area contributed by atoms with Crippen molar-refractivity contribution in [2.24, 2.45) is 0 Å². The van der Waals surface area contributed by atoms with Crippen LogP contribution in [0.3, 0.4) is 0 Å². The number of aryl methyl sites for hydroxylation is 1. The molecule has 1 rings (SSSR count). The molecule has 0 amide bonds. The van der Waals surface area contributed by atoms with E-state index in [1.165, 1.54) is 11.3 Å². The first-order valence-corrected chi connectivity index (χ1v) is 13.5. The summed E-state index contributed by atoms with van der Waals surface area (Å²) < 4.78 is 2.80. The Bertz CT molecular complexity index is 361.